The predicted octanol–water partition coefficient (Wildman–Crippen LogP) is 2.67. The van der Waals surface area contributed by atoms with Crippen LogP contribution in [0.4, 0.5) is 0 Å². The Kier molecular flexibility index (Phi) is 4.63. The molecule has 4 nitrogen and oxygen atoms in total. The van der Waals surface area contributed by atoms with Crippen molar-refractivity contribution in [3.05, 3.63) is 18.0 Å². The Labute approximate surface area is 116 Å². The van der Waals surface area contributed by atoms with Gasteiger partial charge in [-0.15, -0.1) is 0 Å². The first kappa shape index (κ1) is 14.5. The molecule has 1 aromatic rings. The molecule has 1 aromatic heterocycles. The van der Waals surface area contributed by atoms with Gasteiger partial charge in [-0.3, -0.25) is 4.68 Å². The van der Waals surface area contributed by atoms with E-state index in [2.05, 4.69) is 30.3 Å². The fourth-order valence-electron chi connectivity index (χ4n) is 3.40. The molecule has 4 heteroatoms. The summed E-state index contributed by atoms with van der Waals surface area (Å²) in [6, 6.07) is 2.31. The molecular formula is C15H27N3O. The van der Waals surface area contributed by atoms with E-state index in [4.69, 9.17) is 4.74 Å². The van der Waals surface area contributed by atoms with Gasteiger partial charge in [-0.05, 0) is 51.6 Å². The van der Waals surface area contributed by atoms with Gasteiger partial charge in [-0.1, -0.05) is 6.92 Å². The second-order valence-corrected chi connectivity index (χ2v) is 5.78. The quantitative estimate of drug-likeness (QED) is 0.889. The van der Waals surface area contributed by atoms with Crippen molar-refractivity contribution in [1.29, 1.82) is 0 Å². The van der Waals surface area contributed by atoms with Crippen molar-refractivity contribution in [2.75, 3.05) is 13.7 Å². The smallest absolute Gasteiger partial charge is 0.0891 e. The van der Waals surface area contributed by atoms with Gasteiger partial charge in [0.05, 0.1) is 17.3 Å². The summed E-state index contributed by atoms with van der Waals surface area (Å²) >= 11 is 0. The van der Waals surface area contributed by atoms with Crippen molar-refractivity contribution in [3.63, 3.8) is 0 Å². The summed E-state index contributed by atoms with van der Waals surface area (Å²) in [5.41, 5.74) is 1.13. The van der Waals surface area contributed by atoms with Crippen molar-refractivity contribution in [3.8, 4) is 0 Å². The third kappa shape index (κ3) is 2.84. The molecule has 0 aliphatic heterocycles. The van der Waals surface area contributed by atoms with Crippen LogP contribution in [0.15, 0.2) is 12.3 Å². The Morgan fingerprint density at radius 1 is 1.53 bits per heavy atom. The molecule has 0 radical (unpaired) electrons. The number of likely N-dealkylation sites (N-methyl/N-ethyl adjacent to an activating group) is 1. The highest BCUT2D eigenvalue weighted by molar-refractivity contribution is 5.14. The largest absolute Gasteiger partial charge is 0.373 e. The summed E-state index contributed by atoms with van der Waals surface area (Å²) < 4.78 is 8.21. The lowest BCUT2D eigenvalue weighted by Gasteiger charge is -2.44. The lowest BCUT2D eigenvalue weighted by molar-refractivity contribution is -0.0976. The number of aromatic nitrogens is 2. The van der Waals surface area contributed by atoms with E-state index in [-0.39, 0.29) is 11.6 Å². The van der Waals surface area contributed by atoms with Crippen LogP contribution in [0.5, 0.6) is 0 Å². The molecule has 0 aromatic carbocycles. The lowest BCUT2D eigenvalue weighted by atomic mass is 9.74. The molecule has 2 rings (SSSR count). The Bertz CT molecular complexity index is 394. The number of ether oxygens (including phenoxy) is 1. The molecule has 0 amide bonds. The van der Waals surface area contributed by atoms with Crippen LogP contribution >= 0.6 is 0 Å². The van der Waals surface area contributed by atoms with Crippen LogP contribution in [0.2, 0.25) is 0 Å². The van der Waals surface area contributed by atoms with E-state index in [1.807, 2.05) is 25.0 Å². The maximum Gasteiger partial charge on any atom is 0.0891 e. The van der Waals surface area contributed by atoms with Crippen LogP contribution in [0, 0.1) is 5.92 Å². The van der Waals surface area contributed by atoms with Gasteiger partial charge in [0, 0.05) is 19.9 Å². The number of nitrogens with zero attached hydrogens (tertiary/aromatic N) is 2. The van der Waals surface area contributed by atoms with E-state index in [0.717, 1.165) is 25.4 Å². The fraction of sp³-hybridized carbons (Fsp3) is 0.800. The van der Waals surface area contributed by atoms with Gasteiger partial charge in [0.15, 0.2) is 0 Å². The van der Waals surface area contributed by atoms with Gasteiger partial charge in [0.25, 0.3) is 0 Å². The minimum Gasteiger partial charge on any atom is -0.373 e. The van der Waals surface area contributed by atoms with Crippen molar-refractivity contribution in [2.45, 2.75) is 51.2 Å². The van der Waals surface area contributed by atoms with Crippen LogP contribution in [-0.4, -0.2) is 29.0 Å². The summed E-state index contributed by atoms with van der Waals surface area (Å²) in [7, 11) is 4.03. The monoisotopic (exact) mass is 265 g/mol. The van der Waals surface area contributed by atoms with Gasteiger partial charge < -0.3 is 10.1 Å². The number of nitrogens with one attached hydrogen (secondary N) is 1. The summed E-state index contributed by atoms with van der Waals surface area (Å²) in [5.74, 6) is 0.817. The lowest BCUT2D eigenvalue weighted by Crippen LogP contribution is -2.48. The predicted molar refractivity (Wildman–Crippen MR) is 77.0 cm³/mol. The summed E-state index contributed by atoms with van der Waals surface area (Å²) in [4.78, 5) is 0. The van der Waals surface area contributed by atoms with Crippen molar-refractivity contribution in [1.82, 2.24) is 15.1 Å². The maximum absolute atomic E-state index is 6.25. The molecule has 0 saturated heterocycles. The van der Waals surface area contributed by atoms with Gasteiger partial charge in [-0.2, -0.15) is 5.10 Å². The number of hydrogen-bond acceptors (Lipinski definition) is 3. The van der Waals surface area contributed by atoms with Crippen LogP contribution in [0.25, 0.3) is 0 Å². The Morgan fingerprint density at radius 3 is 2.68 bits per heavy atom. The average Bonchev–Trinajstić information content (AvgIpc) is 2.81. The van der Waals surface area contributed by atoms with E-state index in [1.165, 1.54) is 18.5 Å². The van der Waals surface area contributed by atoms with Crippen molar-refractivity contribution < 1.29 is 4.74 Å². The first-order valence-electron chi connectivity index (χ1n) is 7.42. The zero-order valence-corrected chi connectivity index (χ0v) is 12.6. The van der Waals surface area contributed by atoms with Crippen molar-refractivity contribution >= 4 is 0 Å². The highest BCUT2D eigenvalue weighted by Gasteiger charge is 2.43. The molecular weight excluding hydrogens is 238 g/mol. The molecule has 108 valence electrons. The number of hydrogen-bond donors (Lipinski definition) is 1. The molecule has 1 unspecified atom stereocenters. The second-order valence-electron chi connectivity index (χ2n) is 5.78. The average molecular weight is 265 g/mol. The van der Waals surface area contributed by atoms with Gasteiger partial charge in [0.1, 0.15) is 0 Å². The van der Waals surface area contributed by atoms with Crippen LogP contribution in [0.1, 0.15) is 51.3 Å². The fourth-order valence-corrected chi connectivity index (χ4v) is 3.40. The zero-order chi connectivity index (χ0) is 13.9. The zero-order valence-electron chi connectivity index (χ0n) is 12.6. The van der Waals surface area contributed by atoms with Crippen molar-refractivity contribution in [2.24, 2.45) is 13.0 Å². The highest BCUT2D eigenvalue weighted by Crippen LogP contribution is 2.42. The molecule has 1 saturated carbocycles. The molecule has 0 bridgehead atoms. The molecule has 1 aliphatic rings. The molecule has 1 aliphatic carbocycles. The van der Waals surface area contributed by atoms with E-state index in [9.17, 15) is 0 Å². The summed E-state index contributed by atoms with van der Waals surface area (Å²) in [6.07, 6.45) is 6.61. The van der Waals surface area contributed by atoms with E-state index in [1.54, 1.807) is 0 Å². The van der Waals surface area contributed by atoms with Crippen LogP contribution < -0.4 is 5.32 Å². The Morgan fingerprint density at radius 2 is 2.21 bits per heavy atom. The van der Waals surface area contributed by atoms with Crippen LogP contribution in [-0.2, 0) is 11.8 Å². The first-order valence-corrected chi connectivity index (χ1v) is 7.42. The summed E-state index contributed by atoms with van der Waals surface area (Å²) in [6.45, 7) is 5.20. The van der Waals surface area contributed by atoms with E-state index < -0.39 is 0 Å². The maximum atomic E-state index is 6.25. The number of rotatable bonds is 5. The first-order chi connectivity index (χ1) is 9.13. The topological polar surface area (TPSA) is 39.1 Å². The highest BCUT2D eigenvalue weighted by atomic mass is 16.5. The summed E-state index contributed by atoms with van der Waals surface area (Å²) in [5, 5.41) is 7.78. The molecule has 0 spiro atoms. The molecule has 1 heterocycles. The third-order valence-corrected chi connectivity index (χ3v) is 4.52. The standard InChI is InChI=1S/C15H27N3O/c1-5-19-15(9-6-12(2)7-10-15)14(16-3)13-8-11-17-18(13)4/h8,11-12,14,16H,5-7,9-10H2,1-4H3. The molecule has 1 atom stereocenters. The number of aryl methyl sites for hydroxylation is 1. The minimum absolute atomic E-state index is 0.0796. The van der Waals surface area contributed by atoms with E-state index in [0.29, 0.717) is 0 Å². The van der Waals surface area contributed by atoms with Gasteiger partial charge >= 0.3 is 0 Å². The Hall–Kier alpha value is -0.870. The minimum atomic E-state index is -0.0796. The van der Waals surface area contributed by atoms with E-state index >= 15 is 0 Å². The Balaban J connectivity index is 2.28. The molecule has 1 fully saturated rings. The second kappa shape index (κ2) is 6.06. The van der Waals surface area contributed by atoms with Crippen LogP contribution in [0.3, 0.4) is 0 Å². The molecule has 19 heavy (non-hydrogen) atoms. The molecule has 1 N–H and O–H groups in total. The van der Waals surface area contributed by atoms with Gasteiger partial charge in [0.2, 0.25) is 0 Å². The normalized spacial score (nSPS) is 29.4. The third-order valence-electron chi connectivity index (χ3n) is 4.52. The SMILES string of the molecule is CCOC1(C(NC)c2ccnn2C)CCC(C)CC1. The van der Waals surface area contributed by atoms with Gasteiger partial charge in [-0.25, -0.2) is 0 Å².